The number of guanidine groups is 1. The third-order valence-electron chi connectivity index (χ3n) is 3.82. The van der Waals surface area contributed by atoms with Crippen molar-refractivity contribution < 1.29 is 8.78 Å². The van der Waals surface area contributed by atoms with Crippen LogP contribution in [-0.2, 0) is 13.0 Å². The molecule has 2 aromatic rings. The minimum Gasteiger partial charge on any atom is -0.353 e. The lowest BCUT2D eigenvalue weighted by molar-refractivity contribution is 0.550. The highest BCUT2D eigenvalue weighted by atomic mass is 127. The molecule has 27 heavy (non-hydrogen) atoms. The van der Waals surface area contributed by atoms with Crippen LogP contribution in [0.25, 0.3) is 0 Å². The van der Waals surface area contributed by atoms with Gasteiger partial charge in [0, 0.05) is 31.1 Å². The molecule has 6 nitrogen and oxygen atoms in total. The predicted octanol–water partition coefficient (Wildman–Crippen LogP) is 3.22. The summed E-state index contributed by atoms with van der Waals surface area (Å²) in [6, 6.07) is 3.16. The van der Waals surface area contributed by atoms with Crippen LogP contribution < -0.4 is 10.6 Å². The number of benzene rings is 1. The second-order valence-electron chi connectivity index (χ2n) is 5.73. The number of aliphatic imine (C=N–C) groups is 1. The summed E-state index contributed by atoms with van der Waals surface area (Å²) in [6.07, 6.45) is 4.18. The third kappa shape index (κ3) is 6.89. The lowest BCUT2D eigenvalue weighted by Crippen LogP contribution is -2.39. The third-order valence-corrected chi connectivity index (χ3v) is 3.82. The fourth-order valence-corrected chi connectivity index (χ4v) is 2.47. The number of aryl methyl sites for hydroxylation is 1. The van der Waals surface area contributed by atoms with Gasteiger partial charge in [0.05, 0.1) is 12.6 Å². The molecule has 9 heteroatoms. The quantitative estimate of drug-likeness (QED) is 0.258. The molecule has 0 amide bonds. The first-order valence-electron chi connectivity index (χ1n) is 8.52. The molecule has 1 unspecified atom stereocenters. The second-order valence-corrected chi connectivity index (χ2v) is 5.73. The van der Waals surface area contributed by atoms with E-state index in [0.717, 1.165) is 18.3 Å². The molecule has 2 rings (SSSR count). The number of hydrogen-bond acceptors (Lipinski definition) is 3. The van der Waals surface area contributed by atoms with E-state index in [-0.39, 0.29) is 30.0 Å². The zero-order valence-electron chi connectivity index (χ0n) is 15.5. The number of nitrogens with one attached hydrogen (secondary N) is 2. The lowest BCUT2D eigenvalue weighted by atomic mass is 10.1. The number of nitrogens with zero attached hydrogens (tertiary/aromatic N) is 4. The second kappa shape index (κ2) is 11.6. The maximum absolute atomic E-state index is 14.0. The predicted molar refractivity (Wildman–Crippen MR) is 113 cm³/mol. The summed E-state index contributed by atoms with van der Waals surface area (Å²) in [7, 11) is 0. The zero-order chi connectivity index (χ0) is 18.9. The number of rotatable bonds is 8. The first-order chi connectivity index (χ1) is 12.5. The molecule has 0 fully saturated rings. The van der Waals surface area contributed by atoms with E-state index in [1.54, 1.807) is 19.3 Å². The van der Waals surface area contributed by atoms with Gasteiger partial charge in [0.1, 0.15) is 23.8 Å². The van der Waals surface area contributed by atoms with Gasteiger partial charge >= 0.3 is 0 Å². The minimum absolute atomic E-state index is 0. The molecule has 1 atom stereocenters. The van der Waals surface area contributed by atoms with E-state index in [4.69, 9.17) is 0 Å². The molecule has 0 radical (unpaired) electrons. The van der Waals surface area contributed by atoms with Crippen LogP contribution in [-0.4, -0.2) is 33.8 Å². The number of aromatic nitrogens is 3. The normalized spacial score (nSPS) is 12.2. The van der Waals surface area contributed by atoms with Gasteiger partial charge in [0.15, 0.2) is 5.96 Å². The molecule has 1 aromatic heterocycles. The molecule has 1 aromatic carbocycles. The summed E-state index contributed by atoms with van der Waals surface area (Å²) in [4.78, 5) is 4.50. The molecule has 0 spiro atoms. The highest BCUT2D eigenvalue weighted by Gasteiger charge is 2.13. The van der Waals surface area contributed by atoms with Gasteiger partial charge in [-0.05, 0) is 13.0 Å². The molecule has 0 aliphatic carbocycles. The molecule has 0 bridgehead atoms. The van der Waals surface area contributed by atoms with Gasteiger partial charge in [-0.15, -0.1) is 40.8 Å². The fourth-order valence-electron chi connectivity index (χ4n) is 2.47. The van der Waals surface area contributed by atoms with E-state index in [2.05, 4.69) is 32.4 Å². The highest BCUT2D eigenvalue weighted by molar-refractivity contribution is 14.0. The maximum atomic E-state index is 14.0. The minimum atomic E-state index is -0.599. The van der Waals surface area contributed by atoms with Crippen molar-refractivity contribution >= 4 is 29.9 Å². The van der Waals surface area contributed by atoms with Crippen molar-refractivity contribution in [3.05, 3.63) is 60.2 Å². The Morgan fingerprint density at radius 3 is 2.85 bits per heavy atom. The standard InChI is InChI=1S/C18H24F2N6.HI/c1-4-8-21-18(22-9-10-26-12-23-25-17(26)5-2)24-13(3)15-7-6-14(19)11-16(15)20;/h4,6-7,11-13H,1,5,8-10H2,2-3H3,(H2,21,22,24);1H. The molecule has 0 aliphatic heterocycles. The van der Waals surface area contributed by atoms with Crippen molar-refractivity contribution in [2.24, 2.45) is 4.99 Å². The first-order valence-corrected chi connectivity index (χ1v) is 8.52. The van der Waals surface area contributed by atoms with Crippen molar-refractivity contribution in [2.45, 2.75) is 32.9 Å². The zero-order valence-corrected chi connectivity index (χ0v) is 17.8. The van der Waals surface area contributed by atoms with E-state index < -0.39 is 11.6 Å². The summed E-state index contributed by atoms with van der Waals surface area (Å²) >= 11 is 0. The number of hydrogen-bond donors (Lipinski definition) is 2. The SMILES string of the molecule is C=CCNC(=NCCn1cnnc1CC)NC(C)c1ccc(F)cc1F.I. The van der Waals surface area contributed by atoms with E-state index in [1.165, 1.54) is 12.1 Å². The Morgan fingerprint density at radius 2 is 2.19 bits per heavy atom. The molecule has 0 saturated heterocycles. The van der Waals surface area contributed by atoms with Gasteiger partial charge in [-0.25, -0.2) is 8.78 Å². The Kier molecular flexibility index (Phi) is 9.90. The molecular weight excluding hydrogens is 465 g/mol. The van der Waals surface area contributed by atoms with Crippen LogP contribution in [0.4, 0.5) is 8.78 Å². The Hall–Kier alpha value is -2.04. The fraction of sp³-hybridized carbons (Fsp3) is 0.389. The van der Waals surface area contributed by atoms with Gasteiger partial charge in [-0.2, -0.15) is 0 Å². The average Bonchev–Trinajstić information content (AvgIpc) is 3.06. The van der Waals surface area contributed by atoms with E-state index in [0.29, 0.717) is 31.2 Å². The van der Waals surface area contributed by atoms with E-state index in [1.807, 2.05) is 11.5 Å². The summed E-state index contributed by atoms with van der Waals surface area (Å²) in [5.74, 6) is 0.228. The molecule has 1 heterocycles. The van der Waals surface area contributed by atoms with E-state index in [9.17, 15) is 8.78 Å². The van der Waals surface area contributed by atoms with Gasteiger partial charge in [0.2, 0.25) is 0 Å². The van der Waals surface area contributed by atoms with Crippen LogP contribution in [0.5, 0.6) is 0 Å². The smallest absolute Gasteiger partial charge is 0.192 e. The topological polar surface area (TPSA) is 67.1 Å². The Balaban J connectivity index is 0.00000364. The maximum Gasteiger partial charge on any atom is 0.192 e. The Bertz CT molecular complexity index is 762. The van der Waals surface area contributed by atoms with Crippen LogP contribution in [0.2, 0.25) is 0 Å². The van der Waals surface area contributed by atoms with Gasteiger partial charge in [-0.1, -0.05) is 19.1 Å². The summed E-state index contributed by atoms with van der Waals surface area (Å²) in [6.45, 7) is 9.12. The molecular formula is C18H25F2IN6. The van der Waals surface area contributed by atoms with Crippen LogP contribution in [0.15, 0.2) is 42.2 Å². The molecule has 0 aliphatic rings. The van der Waals surface area contributed by atoms with Crippen molar-refractivity contribution in [3.63, 3.8) is 0 Å². The van der Waals surface area contributed by atoms with Crippen LogP contribution in [0.1, 0.15) is 31.3 Å². The van der Waals surface area contributed by atoms with Gasteiger partial charge < -0.3 is 15.2 Å². The van der Waals surface area contributed by atoms with Gasteiger partial charge in [0.25, 0.3) is 0 Å². The average molecular weight is 490 g/mol. The van der Waals surface area contributed by atoms with Crippen molar-refractivity contribution in [3.8, 4) is 0 Å². The largest absolute Gasteiger partial charge is 0.353 e. The molecule has 0 saturated carbocycles. The summed E-state index contributed by atoms with van der Waals surface area (Å²) in [5.41, 5.74) is 0.367. The Morgan fingerprint density at radius 1 is 1.41 bits per heavy atom. The molecule has 2 N–H and O–H groups in total. The number of halogens is 3. The van der Waals surface area contributed by atoms with Crippen molar-refractivity contribution in [2.75, 3.05) is 13.1 Å². The summed E-state index contributed by atoms with van der Waals surface area (Å²) < 4.78 is 29.0. The highest BCUT2D eigenvalue weighted by Crippen LogP contribution is 2.17. The van der Waals surface area contributed by atoms with E-state index >= 15 is 0 Å². The summed E-state index contributed by atoms with van der Waals surface area (Å²) in [5, 5.41) is 14.1. The van der Waals surface area contributed by atoms with Crippen LogP contribution >= 0.6 is 24.0 Å². The van der Waals surface area contributed by atoms with Crippen molar-refractivity contribution in [1.29, 1.82) is 0 Å². The first kappa shape index (κ1) is 23.0. The molecule has 148 valence electrons. The van der Waals surface area contributed by atoms with Crippen LogP contribution in [0.3, 0.4) is 0 Å². The lowest BCUT2D eigenvalue weighted by Gasteiger charge is -2.19. The Labute approximate surface area is 175 Å². The van der Waals surface area contributed by atoms with Crippen molar-refractivity contribution in [1.82, 2.24) is 25.4 Å². The monoisotopic (exact) mass is 490 g/mol. The van der Waals surface area contributed by atoms with Gasteiger partial charge in [-0.3, -0.25) is 4.99 Å². The van der Waals surface area contributed by atoms with Crippen LogP contribution in [0, 0.1) is 11.6 Å².